The Morgan fingerprint density at radius 2 is 1.79 bits per heavy atom. The Morgan fingerprint density at radius 3 is 2.26 bits per heavy atom. The first kappa shape index (κ1) is 13.9. The zero-order valence-electron chi connectivity index (χ0n) is 12.0. The standard InChI is InChI=1S/C17H23NO/c1-4-17(5-2,15-9-7-6-8-10-15)16(18-3)14-11-12-19-13-14/h6-13,16,18H,4-5H2,1-3H3. The van der Waals surface area contributed by atoms with Crippen LogP contribution in [0.2, 0.25) is 0 Å². The van der Waals surface area contributed by atoms with Gasteiger partial charge in [0.1, 0.15) is 0 Å². The van der Waals surface area contributed by atoms with E-state index in [1.54, 1.807) is 6.26 Å². The zero-order valence-corrected chi connectivity index (χ0v) is 12.0. The normalized spacial score (nSPS) is 13.4. The summed E-state index contributed by atoms with van der Waals surface area (Å²) in [7, 11) is 2.03. The summed E-state index contributed by atoms with van der Waals surface area (Å²) in [5, 5.41) is 3.49. The van der Waals surface area contributed by atoms with Gasteiger partial charge in [0, 0.05) is 17.0 Å². The van der Waals surface area contributed by atoms with Gasteiger partial charge in [-0.15, -0.1) is 0 Å². The smallest absolute Gasteiger partial charge is 0.0950 e. The summed E-state index contributed by atoms with van der Waals surface area (Å²) < 4.78 is 5.28. The second-order valence-electron chi connectivity index (χ2n) is 5.01. The van der Waals surface area contributed by atoms with E-state index in [9.17, 15) is 0 Å². The van der Waals surface area contributed by atoms with Crippen molar-refractivity contribution >= 4 is 0 Å². The number of furan rings is 1. The molecule has 1 aromatic heterocycles. The van der Waals surface area contributed by atoms with Crippen molar-refractivity contribution in [3.63, 3.8) is 0 Å². The molecule has 0 aliphatic rings. The molecule has 19 heavy (non-hydrogen) atoms. The van der Waals surface area contributed by atoms with Crippen LogP contribution in [0.4, 0.5) is 0 Å². The molecule has 1 unspecified atom stereocenters. The Bertz CT molecular complexity index is 471. The fourth-order valence-corrected chi connectivity index (χ4v) is 3.20. The summed E-state index contributed by atoms with van der Waals surface area (Å²) in [5.74, 6) is 0. The van der Waals surface area contributed by atoms with Crippen molar-refractivity contribution < 1.29 is 4.42 Å². The lowest BCUT2D eigenvalue weighted by molar-refractivity contribution is 0.285. The van der Waals surface area contributed by atoms with E-state index in [0.29, 0.717) is 0 Å². The molecule has 0 amide bonds. The van der Waals surface area contributed by atoms with Gasteiger partial charge in [0.05, 0.1) is 12.5 Å². The van der Waals surface area contributed by atoms with E-state index in [1.807, 2.05) is 13.3 Å². The second-order valence-corrected chi connectivity index (χ2v) is 5.01. The average Bonchev–Trinajstić information content (AvgIpc) is 2.99. The Kier molecular flexibility index (Phi) is 4.43. The summed E-state index contributed by atoms with van der Waals surface area (Å²) in [5.41, 5.74) is 2.70. The molecule has 0 aliphatic carbocycles. The van der Waals surface area contributed by atoms with Crippen molar-refractivity contribution in [2.24, 2.45) is 0 Å². The maximum absolute atomic E-state index is 5.28. The molecule has 2 aromatic rings. The van der Waals surface area contributed by atoms with Crippen LogP contribution in [0.5, 0.6) is 0 Å². The maximum atomic E-state index is 5.28. The van der Waals surface area contributed by atoms with Gasteiger partial charge in [0.25, 0.3) is 0 Å². The van der Waals surface area contributed by atoms with E-state index >= 15 is 0 Å². The van der Waals surface area contributed by atoms with Crippen molar-refractivity contribution in [3.05, 3.63) is 60.1 Å². The Hall–Kier alpha value is -1.54. The van der Waals surface area contributed by atoms with Gasteiger partial charge in [-0.2, -0.15) is 0 Å². The molecule has 1 heterocycles. The molecule has 0 bridgehead atoms. The van der Waals surface area contributed by atoms with Gasteiger partial charge >= 0.3 is 0 Å². The van der Waals surface area contributed by atoms with E-state index < -0.39 is 0 Å². The predicted molar refractivity (Wildman–Crippen MR) is 79.2 cm³/mol. The van der Waals surface area contributed by atoms with Crippen LogP contribution in [0.25, 0.3) is 0 Å². The summed E-state index contributed by atoms with van der Waals surface area (Å²) in [4.78, 5) is 0. The third-order valence-corrected chi connectivity index (χ3v) is 4.33. The molecule has 0 radical (unpaired) electrons. The van der Waals surface area contributed by atoms with Crippen LogP contribution >= 0.6 is 0 Å². The molecule has 0 spiro atoms. The molecular weight excluding hydrogens is 234 g/mol. The lowest BCUT2D eigenvalue weighted by Gasteiger charge is -2.40. The minimum Gasteiger partial charge on any atom is -0.472 e. The first-order chi connectivity index (χ1) is 9.28. The van der Waals surface area contributed by atoms with E-state index in [-0.39, 0.29) is 11.5 Å². The fraction of sp³-hybridized carbons (Fsp3) is 0.412. The lowest BCUT2D eigenvalue weighted by Crippen LogP contribution is -2.39. The van der Waals surface area contributed by atoms with E-state index in [0.717, 1.165) is 12.8 Å². The van der Waals surface area contributed by atoms with Gasteiger partial charge in [-0.05, 0) is 31.5 Å². The molecule has 1 atom stereocenters. The fourth-order valence-electron chi connectivity index (χ4n) is 3.20. The van der Waals surface area contributed by atoms with Crippen molar-refractivity contribution in [1.29, 1.82) is 0 Å². The number of hydrogen-bond donors (Lipinski definition) is 1. The Morgan fingerprint density at radius 1 is 1.11 bits per heavy atom. The van der Waals surface area contributed by atoms with Crippen LogP contribution in [0.15, 0.2) is 53.3 Å². The van der Waals surface area contributed by atoms with E-state index in [1.165, 1.54) is 11.1 Å². The maximum Gasteiger partial charge on any atom is 0.0950 e. The molecule has 0 fully saturated rings. The highest BCUT2D eigenvalue weighted by Crippen LogP contribution is 2.42. The monoisotopic (exact) mass is 257 g/mol. The average molecular weight is 257 g/mol. The first-order valence-electron chi connectivity index (χ1n) is 7.03. The van der Waals surface area contributed by atoms with Gasteiger partial charge in [-0.25, -0.2) is 0 Å². The molecule has 2 heteroatoms. The number of nitrogens with one attached hydrogen (secondary N) is 1. The van der Waals surface area contributed by atoms with Gasteiger partial charge < -0.3 is 9.73 Å². The van der Waals surface area contributed by atoms with Gasteiger partial charge in [-0.3, -0.25) is 0 Å². The highest BCUT2D eigenvalue weighted by atomic mass is 16.3. The van der Waals surface area contributed by atoms with Crippen LogP contribution in [0.3, 0.4) is 0 Å². The van der Waals surface area contributed by atoms with Crippen molar-refractivity contribution in [2.45, 2.75) is 38.1 Å². The summed E-state index contributed by atoms with van der Waals surface area (Å²) in [6.45, 7) is 4.53. The van der Waals surface area contributed by atoms with E-state index in [4.69, 9.17) is 4.42 Å². The van der Waals surface area contributed by atoms with Crippen LogP contribution in [-0.4, -0.2) is 7.05 Å². The number of likely N-dealkylation sites (N-methyl/N-ethyl adjacent to an activating group) is 1. The molecular formula is C17H23NO. The first-order valence-corrected chi connectivity index (χ1v) is 7.03. The largest absolute Gasteiger partial charge is 0.472 e. The topological polar surface area (TPSA) is 25.2 Å². The van der Waals surface area contributed by atoms with Crippen molar-refractivity contribution in [2.75, 3.05) is 7.05 Å². The summed E-state index contributed by atoms with van der Waals surface area (Å²) >= 11 is 0. The van der Waals surface area contributed by atoms with Crippen LogP contribution in [-0.2, 0) is 5.41 Å². The van der Waals surface area contributed by atoms with E-state index in [2.05, 4.69) is 55.6 Å². The molecule has 1 N–H and O–H groups in total. The molecule has 0 saturated carbocycles. The van der Waals surface area contributed by atoms with Crippen LogP contribution in [0.1, 0.15) is 43.9 Å². The van der Waals surface area contributed by atoms with Gasteiger partial charge in [0.2, 0.25) is 0 Å². The second kappa shape index (κ2) is 6.07. The molecule has 0 saturated heterocycles. The third kappa shape index (κ3) is 2.45. The Labute approximate surface area is 115 Å². The van der Waals surface area contributed by atoms with Crippen LogP contribution in [0, 0.1) is 0 Å². The van der Waals surface area contributed by atoms with Crippen molar-refractivity contribution in [1.82, 2.24) is 5.32 Å². The molecule has 102 valence electrons. The van der Waals surface area contributed by atoms with Crippen molar-refractivity contribution in [3.8, 4) is 0 Å². The molecule has 0 aliphatic heterocycles. The summed E-state index contributed by atoms with van der Waals surface area (Å²) in [6, 6.07) is 13.1. The Balaban J connectivity index is 2.49. The third-order valence-electron chi connectivity index (χ3n) is 4.33. The van der Waals surface area contributed by atoms with Crippen LogP contribution < -0.4 is 5.32 Å². The molecule has 2 nitrogen and oxygen atoms in total. The SMILES string of the molecule is CCC(CC)(c1ccccc1)C(NC)c1ccoc1. The highest BCUT2D eigenvalue weighted by Gasteiger charge is 2.37. The molecule has 2 rings (SSSR count). The number of rotatable bonds is 6. The highest BCUT2D eigenvalue weighted by molar-refractivity contribution is 5.32. The molecule has 1 aromatic carbocycles. The quantitative estimate of drug-likeness (QED) is 0.834. The predicted octanol–water partition coefficient (Wildman–Crippen LogP) is 4.30. The zero-order chi connectivity index (χ0) is 13.7. The number of benzene rings is 1. The lowest BCUT2D eigenvalue weighted by atomic mass is 9.68. The minimum absolute atomic E-state index is 0.0971. The summed E-state index contributed by atoms with van der Waals surface area (Å²) in [6.07, 6.45) is 5.78. The number of hydrogen-bond acceptors (Lipinski definition) is 2. The van der Waals surface area contributed by atoms with Gasteiger partial charge in [0.15, 0.2) is 0 Å². The van der Waals surface area contributed by atoms with Gasteiger partial charge in [-0.1, -0.05) is 44.2 Å². The minimum atomic E-state index is 0.0971.